The molecule has 0 aliphatic rings. The molecule has 3 rings (SSSR count). The van der Waals surface area contributed by atoms with Crippen molar-refractivity contribution < 1.29 is 13.2 Å². The van der Waals surface area contributed by atoms with Crippen LogP contribution in [0.15, 0.2) is 54.6 Å². The lowest BCUT2D eigenvalue weighted by Gasteiger charge is -2.05. The summed E-state index contributed by atoms with van der Waals surface area (Å²) in [5, 5.41) is 9.30. The van der Waals surface area contributed by atoms with Crippen molar-refractivity contribution >= 4 is 60.7 Å². The van der Waals surface area contributed by atoms with Crippen molar-refractivity contribution in [2.75, 3.05) is 5.32 Å². The molecule has 0 unspecified atom stereocenters. The minimum absolute atomic E-state index is 0.288. The molecule has 2 aromatic carbocycles. The van der Waals surface area contributed by atoms with Gasteiger partial charge in [0.05, 0.1) is 10.8 Å². The van der Waals surface area contributed by atoms with Gasteiger partial charge in [0.1, 0.15) is 0 Å². The normalized spacial score (nSPS) is 11.9. The van der Waals surface area contributed by atoms with Gasteiger partial charge in [-0.1, -0.05) is 41.9 Å². The monoisotopic (exact) mass is 406 g/mol. The van der Waals surface area contributed by atoms with Crippen LogP contribution in [0.4, 0.5) is 5.69 Å². The second-order valence-corrected chi connectivity index (χ2v) is 8.68. The van der Waals surface area contributed by atoms with Gasteiger partial charge in [0.25, 0.3) is 0 Å². The van der Waals surface area contributed by atoms with E-state index in [2.05, 4.69) is 5.32 Å². The highest BCUT2D eigenvalue weighted by Crippen LogP contribution is 2.35. The number of halogens is 1. The maximum Gasteiger partial charge on any atom is 0.248 e. The quantitative estimate of drug-likeness (QED) is 0.627. The lowest BCUT2D eigenvalue weighted by atomic mass is 10.2. The number of nitrogens with one attached hydrogen (secondary N) is 1. The van der Waals surface area contributed by atoms with Gasteiger partial charge in [0.2, 0.25) is 15.9 Å². The van der Waals surface area contributed by atoms with Crippen LogP contribution in [0.5, 0.6) is 0 Å². The molecule has 134 valence electrons. The number of sulfonamides is 1. The molecule has 3 aromatic rings. The van der Waals surface area contributed by atoms with E-state index in [1.165, 1.54) is 17.4 Å². The fraction of sp³-hybridized carbons (Fsp3) is 0.0556. The van der Waals surface area contributed by atoms with E-state index in [4.69, 9.17) is 16.7 Å². The largest absolute Gasteiger partial charge is 0.323 e. The summed E-state index contributed by atoms with van der Waals surface area (Å²) in [5.74, 6) is -0.629. The first-order valence-corrected chi connectivity index (χ1v) is 10.5. The second kappa shape index (κ2) is 7.59. The van der Waals surface area contributed by atoms with E-state index in [1.807, 2.05) is 24.3 Å². The SMILES string of the molecule is NS(=O)(=O)Cc1cccc(NC(=O)/C=C/c2sc3ccccc3c2Cl)c1. The van der Waals surface area contributed by atoms with Crippen LogP contribution in [0.3, 0.4) is 0 Å². The summed E-state index contributed by atoms with van der Waals surface area (Å²) in [6.45, 7) is 0. The molecule has 0 radical (unpaired) electrons. The number of primary sulfonamides is 1. The molecule has 1 heterocycles. The summed E-state index contributed by atoms with van der Waals surface area (Å²) >= 11 is 7.84. The molecule has 8 heteroatoms. The standard InChI is InChI=1S/C18H15ClN2O3S2/c19-18-14-6-1-2-7-15(14)25-16(18)8-9-17(22)21-13-5-3-4-12(10-13)11-26(20,23)24/h1-10H,11H2,(H,21,22)(H2,20,23,24)/b9-8+. The van der Waals surface area contributed by atoms with Crippen molar-refractivity contribution in [1.29, 1.82) is 0 Å². The molecule has 0 saturated heterocycles. The van der Waals surface area contributed by atoms with Crippen molar-refractivity contribution in [1.82, 2.24) is 0 Å². The number of nitrogens with two attached hydrogens (primary N) is 1. The van der Waals surface area contributed by atoms with Crippen LogP contribution in [0.25, 0.3) is 16.2 Å². The lowest BCUT2D eigenvalue weighted by Crippen LogP contribution is -2.15. The Kier molecular flexibility index (Phi) is 5.43. The number of carbonyl (C=O) groups is 1. The maximum atomic E-state index is 12.1. The summed E-state index contributed by atoms with van der Waals surface area (Å²) in [7, 11) is -3.63. The van der Waals surface area contributed by atoms with Gasteiger partial charge in [-0.3, -0.25) is 4.79 Å². The minimum atomic E-state index is -3.63. The Morgan fingerprint density at radius 2 is 1.96 bits per heavy atom. The number of carbonyl (C=O) groups excluding carboxylic acids is 1. The molecule has 26 heavy (non-hydrogen) atoms. The van der Waals surface area contributed by atoms with Gasteiger partial charge in [-0.25, -0.2) is 13.6 Å². The Morgan fingerprint density at radius 1 is 1.19 bits per heavy atom. The van der Waals surface area contributed by atoms with Crippen molar-refractivity contribution in [3.05, 3.63) is 70.1 Å². The van der Waals surface area contributed by atoms with Crippen LogP contribution >= 0.6 is 22.9 Å². The van der Waals surface area contributed by atoms with Gasteiger partial charge in [0.15, 0.2) is 0 Å². The van der Waals surface area contributed by atoms with E-state index in [0.29, 0.717) is 16.3 Å². The highest BCUT2D eigenvalue weighted by molar-refractivity contribution is 7.88. The summed E-state index contributed by atoms with van der Waals surface area (Å²) in [6, 6.07) is 14.3. The molecule has 0 saturated carbocycles. The summed E-state index contributed by atoms with van der Waals surface area (Å²) in [6.07, 6.45) is 3.06. The van der Waals surface area contributed by atoms with Gasteiger partial charge < -0.3 is 5.32 Å². The summed E-state index contributed by atoms with van der Waals surface area (Å²) in [4.78, 5) is 12.9. The fourth-order valence-electron chi connectivity index (χ4n) is 2.45. The maximum absolute atomic E-state index is 12.1. The minimum Gasteiger partial charge on any atom is -0.323 e. The average Bonchev–Trinajstić information content (AvgIpc) is 2.88. The van der Waals surface area contributed by atoms with Crippen LogP contribution in [-0.4, -0.2) is 14.3 Å². The van der Waals surface area contributed by atoms with E-state index in [1.54, 1.807) is 30.3 Å². The van der Waals surface area contributed by atoms with Gasteiger partial charge >= 0.3 is 0 Å². The molecule has 0 aliphatic heterocycles. The van der Waals surface area contributed by atoms with Crippen molar-refractivity contribution in [2.24, 2.45) is 5.14 Å². The fourth-order valence-corrected chi connectivity index (χ4v) is 4.49. The number of thiophene rings is 1. The first-order valence-electron chi connectivity index (χ1n) is 7.57. The van der Waals surface area contributed by atoms with E-state index >= 15 is 0 Å². The zero-order valence-corrected chi connectivity index (χ0v) is 15.9. The molecule has 0 atom stereocenters. The third-order valence-electron chi connectivity index (χ3n) is 3.51. The number of benzene rings is 2. The molecule has 3 N–H and O–H groups in total. The van der Waals surface area contributed by atoms with E-state index < -0.39 is 10.0 Å². The van der Waals surface area contributed by atoms with Gasteiger partial charge in [0, 0.05) is 26.7 Å². The van der Waals surface area contributed by atoms with Crippen LogP contribution < -0.4 is 10.5 Å². The van der Waals surface area contributed by atoms with Crippen LogP contribution in [0.2, 0.25) is 5.02 Å². The van der Waals surface area contributed by atoms with E-state index in [0.717, 1.165) is 15.0 Å². The molecular formula is C18H15ClN2O3S2. The molecule has 0 aliphatic carbocycles. The predicted molar refractivity (Wildman–Crippen MR) is 108 cm³/mol. The molecule has 5 nitrogen and oxygen atoms in total. The number of hydrogen-bond donors (Lipinski definition) is 2. The third-order valence-corrected chi connectivity index (χ3v) is 5.90. The van der Waals surface area contributed by atoms with Crippen molar-refractivity contribution in [3.8, 4) is 0 Å². The molecule has 1 amide bonds. The topological polar surface area (TPSA) is 89.3 Å². The Labute approximate surface area is 160 Å². The number of rotatable bonds is 5. The van der Waals surface area contributed by atoms with Crippen molar-refractivity contribution in [2.45, 2.75) is 5.75 Å². The Balaban J connectivity index is 1.73. The highest BCUT2D eigenvalue weighted by atomic mass is 35.5. The van der Waals surface area contributed by atoms with Gasteiger partial charge in [-0.15, -0.1) is 11.3 Å². The predicted octanol–water partition coefficient (Wildman–Crippen LogP) is 4.00. The number of anilines is 1. The first-order chi connectivity index (χ1) is 12.3. The molecule has 0 spiro atoms. The van der Waals surface area contributed by atoms with Crippen LogP contribution in [0, 0.1) is 0 Å². The summed E-state index contributed by atoms with van der Waals surface area (Å²) in [5.41, 5.74) is 0.991. The number of hydrogen-bond acceptors (Lipinski definition) is 4. The Hall–Kier alpha value is -2.19. The first kappa shape index (κ1) is 18.6. The second-order valence-electron chi connectivity index (χ2n) is 5.61. The zero-order chi connectivity index (χ0) is 18.7. The molecular weight excluding hydrogens is 392 g/mol. The smallest absolute Gasteiger partial charge is 0.248 e. The third kappa shape index (κ3) is 4.70. The van der Waals surface area contributed by atoms with Gasteiger partial charge in [-0.05, 0) is 29.8 Å². The van der Waals surface area contributed by atoms with Gasteiger partial charge in [-0.2, -0.15) is 0 Å². The van der Waals surface area contributed by atoms with Crippen molar-refractivity contribution in [3.63, 3.8) is 0 Å². The zero-order valence-electron chi connectivity index (χ0n) is 13.5. The number of amides is 1. The molecule has 0 bridgehead atoms. The molecule has 0 fully saturated rings. The Morgan fingerprint density at radius 3 is 2.69 bits per heavy atom. The highest BCUT2D eigenvalue weighted by Gasteiger charge is 2.09. The molecule has 1 aromatic heterocycles. The van der Waals surface area contributed by atoms with E-state index in [-0.39, 0.29) is 11.7 Å². The Bertz CT molecular complexity index is 1100. The van der Waals surface area contributed by atoms with Crippen LogP contribution in [0.1, 0.15) is 10.4 Å². The lowest BCUT2D eigenvalue weighted by molar-refractivity contribution is -0.111. The van der Waals surface area contributed by atoms with E-state index in [9.17, 15) is 13.2 Å². The van der Waals surface area contributed by atoms with Crippen LogP contribution in [-0.2, 0) is 20.6 Å². The summed E-state index contributed by atoms with van der Waals surface area (Å²) < 4.78 is 23.4. The average molecular weight is 407 g/mol. The number of fused-ring (bicyclic) bond motifs is 1.